The molecule has 0 bridgehead atoms. The number of carboxylic acids is 1. The normalized spacial score (nSPS) is 12.2. The molecule has 1 atom stereocenters. The predicted octanol–water partition coefficient (Wildman–Crippen LogP) is 12.3. The standard InChI is InChI=1S/C37H70O4/c1-3-5-7-9-11-12-13-14-15-16-17-18-19-20-22-24-30-34-37(40)41-35(31-27-23-21-10-8-6-4-2)32-28-25-26-29-33-36(38)39/h27,31,35H,3-26,28-30,32-34H2,1-2H3,(H,38,39)/b31-27-. The van der Waals surface area contributed by atoms with Crippen molar-refractivity contribution in [2.45, 2.75) is 213 Å². The van der Waals surface area contributed by atoms with E-state index in [4.69, 9.17) is 9.84 Å². The summed E-state index contributed by atoms with van der Waals surface area (Å²) >= 11 is 0. The minimum absolute atomic E-state index is 0.0607. The minimum atomic E-state index is -0.719. The number of carbonyl (C=O) groups is 2. The lowest BCUT2D eigenvalue weighted by Crippen LogP contribution is -2.16. The molecule has 0 heterocycles. The number of allylic oxidation sites excluding steroid dienone is 1. The second kappa shape index (κ2) is 33.2. The molecule has 4 heteroatoms. The van der Waals surface area contributed by atoms with Gasteiger partial charge in [-0.15, -0.1) is 0 Å². The molecule has 0 rings (SSSR count). The molecule has 0 aromatic rings. The van der Waals surface area contributed by atoms with Crippen molar-refractivity contribution in [1.29, 1.82) is 0 Å². The first-order chi connectivity index (χ1) is 20.1. The summed E-state index contributed by atoms with van der Waals surface area (Å²) in [5.74, 6) is -0.780. The Balaban J connectivity index is 3.86. The summed E-state index contributed by atoms with van der Waals surface area (Å²) in [6.07, 6.45) is 39.6. The summed E-state index contributed by atoms with van der Waals surface area (Å²) in [4.78, 5) is 23.2. The SMILES string of the molecule is CCCCCCC/C=C\C(CCCCCCC(=O)O)OC(=O)CCCCCCCCCCCCCCCCCCC. The second-order valence-electron chi connectivity index (χ2n) is 12.4. The summed E-state index contributed by atoms with van der Waals surface area (Å²) < 4.78 is 5.85. The summed E-state index contributed by atoms with van der Waals surface area (Å²) in [6, 6.07) is 0. The second-order valence-corrected chi connectivity index (χ2v) is 12.4. The van der Waals surface area contributed by atoms with Crippen LogP contribution < -0.4 is 0 Å². The van der Waals surface area contributed by atoms with Crippen molar-refractivity contribution >= 4 is 11.9 Å². The van der Waals surface area contributed by atoms with Crippen LogP contribution in [0.15, 0.2) is 12.2 Å². The zero-order valence-corrected chi connectivity index (χ0v) is 27.6. The van der Waals surface area contributed by atoms with Gasteiger partial charge < -0.3 is 9.84 Å². The number of aliphatic carboxylic acids is 1. The van der Waals surface area contributed by atoms with E-state index in [1.54, 1.807) is 0 Å². The Bertz CT molecular complexity index is 585. The van der Waals surface area contributed by atoms with Crippen LogP contribution in [-0.2, 0) is 14.3 Å². The average molecular weight is 579 g/mol. The first kappa shape index (κ1) is 39.7. The van der Waals surface area contributed by atoms with Gasteiger partial charge in [-0.2, -0.15) is 0 Å². The molecular formula is C37H70O4. The number of carbonyl (C=O) groups excluding carboxylic acids is 1. The zero-order chi connectivity index (χ0) is 30.1. The van der Waals surface area contributed by atoms with Gasteiger partial charge in [0.25, 0.3) is 0 Å². The van der Waals surface area contributed by atoms with Crippen molar-refractivity contribution in [1.82, 2.24) is 0 Å². The Morgan fingerprint density at radius 1 is 0.537 bits per heavy atom. The first-order valence-corrected chi connectivity index (χ1v) is 18.2. The lowest BCUT2D eigenvalue weighted by Gasteiger charge is -2.15. The van der Waals surface area contributed by atoms with Gasteiger partial charge in [-0.3, -0.25) is 9.59 Å². The molecule has 41 heavy (non-hydrogen) atoms. The molecule has 0 aliphatic rings. The van der Waals surface area contributed by atoms with Crippen LogP contribution in [0.4, 0.5) is 0 Å². The van der Waals surface area contributed by atoms with Gasteiger partial charge in [-0.1, -0.05) is 161 Å². The fourth-order valence-electron chi connectivity index (χ4n) is 5.51. The quantitative estimate of drug-likeness (QED) is 0.0478. The summed E-state index contributed by atoms with van der Waals surface area (Å²) in [7, 11) is 0. The van der Waals surface area contributed by atoms with Gasteiger partial charge in [0, 0.05) is 12.8 Å². The Morgan fingerprint density at radius 3 is 1.39 bits per heavy atom. The Morgan fingerprint density at radius 2 is 0.927 bits per heavy atom. The molecule has 0 aliphatic heterocycles. The number of hydrogen-bond acceptors (Lipinski definition) is 3. The van der Waals surface area contributed by atoms with Crippen molar-refractivity contribution in [2.75, 3.05) is 0 Å². The molecular weight excluding hydrogens is 508 g/mol. The van der Waals surface area contributed by atoms with Gasteiger partial charge in [-0.05, 0) is 44.6 Å². The van der Waals surface area contributed by atoms with Crippen LogP contribution in [0.5, 0.6) is 0 Å². The van der Waals surface area contributed by atoms with Crippen molar-refractivity contribution in [3.63, 3.8) is 0 Å². The lowest BCUT2D eigenvalue weighted by atomic mass is 10.0. The maximum absolute atomic E-state index is 12.5. The Kier molecular flexibility index (Phi) is 32.1. The van der Waals surface area contributed by atoms with Crippen LogP contribution in [0.2, 0.25) is 0 Å². The zero-order valence-electron chi connectivity index (χ0n) is 27.6. The van der Waals surface area contributed by atoms with E-state index in [1.807, 2.05) is 0 Å². The van der Waals surface area contributed by atoms with E-state index in [9.17, 15) is 9.59 Å². The summed E-state index contributed by atoms with van der Waals surface area (Å²) in [5, 5.41) is 8.79. The summed E-state index contributed by atoms with van der Waals surface area (Å²) in [6.45, 7) is 4.52. The summed E-state index contributed by atoms with van der Waals surface area (Å²) in [5.41, 5.74) is 0. The highest BCUT2D eigenvalue weighted by atomic mass is 16.5. The van der Waals surface area contributed by atoms with Crippen LogP contribution in [0, 0.1) is 0 Å². The van der Waals surface area contributed by atoms with E-state index in [-0.39, 0.29) is 18.5 Å². The third-order valence-electron chi connectivity index (χ3n) is 8.22. The molecule has 0 aromatic carbocycles. The minimum Gasteiger partial charge on any atom is -0.481 e. The Labute approximate surface area is 255 Å². The van der Waals surface area contributed by atoms with Crippen LogP contribution in [0.1, 0.15) is 206 Å². The van der Waals surface area contributed by atoms with Crippen LogP contribution in [0.25, 0.3) is 0 Å². The average Bonchev–Trinajstić information content (AvgIpc) is 2.95. The maximum atomic E-state index is 12.5. The topological polar surface area (TPSA) is 63.6 Å². The molecule has 242 valence electrons. The van der Waals surface area contributed by atoms with Gasteiger partial charge in [0.1, 0.15) is 6.10 Å². The molecule has 0 aliphatic carbocycles. The van der Waals surface area contributed by atoms with E-state index < -0.39 is 5.97 Å². The molecule has 0 fully saturated rings. The predicted molar refractivity (Wildman–Crippen MR) is 177 cm³/mol. The number of rotatable bonds is 33. The number of unbranched alkanes of at least 4 members (excludes halogenated alkanes) is 24. The molecule has 1 N–H and O–H groups in total. The highest BCUT2D eigenvalue weighted by Gasteiger charge is 2.11. The van der Waals surface area contributed by atoms with E-state index in [2.05, 4.69) is 26.0 Å². The van der Waals surface area contributed by atoms with E-state index in [0.717, 1.165) is 51.4 Å². The van der Waals surface area contributed by atoms with E-state index in [0.29, 0.717) is 6.42 Å². The van der Waals surface area contributed by atoms with Gasteiger partial charge in [0.2, 0.25) is 0 Å². The monoisotopic (exact) mass is 579 g/mol. The molecule has 0 aromatic heterocycles. The fourth-order valence-corrected chi connectivity index (χ4v) is 5.51. The molecule has 0 radical (unpaired) electrons. The number of hydrogen-bond donors (Lipinski definition) is 1. The lowest BCUT2D eigenvalue weighted by molar-refractivity contribution is -0.147. The molecule has 4 nitrogen and oxygen atoms in total. The first-order valence-electron chi connectivity index (χ1n) is 18.2. The van der Waals surface area contributed by atoms with Crippen molar-refractivity contribution in [3.05, 3.63) is 12.2 Å². The van der Waals surface area contributed by atoms with E-state index >= 15 is 0 Å². The van der Waals surface area contributed by atoms with E-state index in [1.165, 1.54) is 128 Å². The highest BCUT2D eigenvalue weighted by Crippen LogP contribution is 2.16. The van der Waals surface area contributed by atoms with Gasteiger partial charge in [0.05, 0.1) is 0 Å². The van der Waals surface area contributed by atoms with Gasteiger partial charge >= 0.3 is 11.9 Å². The fraction of sp³-hybridized carbons (Fsp3) is 0.892. The van der Waals surface area contributed by atoms with Gasteiger partial charge in [-0.25, -0.2) is 0 Å². The smallest absolute Gasteiger partial charge is 0.306 e. The largest absolute Gasteiger partial charge is 0.481 e. The third kappa shape index (κ3) is 33.1. The molecule has 0 amide bonds. The van der Waals surface area contributed by atoms with Crippen LogP contribution in [0.3, 0.4) is 0 Å². The molecule has 0 spiro atoms. The van der Waals surface area contributed by atoms with Crippen molar-refractivity contribution in [3.8, 4) is 0 Å². The molecule has 1 unspecified atom stereocenters. The van der Waals surface area contributed by atoms with Crippen molar-refractivity contribution < 1.29 is 19.4 Å². The highest BCUT2D eigenvalue weighted by molar-refractivity contribution is 5.69. The molecule has 0 saturated heterocycles. The van der Waals surface area contributed by atoms with Crippen LogP contribution in [-0.4, -0.2) is 23.1 Å². The van der Waals surface area contributed by atoms with Crippen LogP contribution >= 0.6 is 0 Å². The van der Waals surface area contributed by atoms with Gasteiger partial charge in [0.15, 0.2) is 0 Å². The number of esters is 1. The van der Waals surface area contributed by atoms with Crippen molar-refractivity contribution in [2.24, 2.45) is 0 Å². The third-order valence-corrected chi connectivity index (χ3v) is 8.22. The maximum Gasteiger partial charge on any atom is 0.306 e. The number of ether oxygens (including phenoxy) is 1. The number of carboxylic acid groups (broad SMARTS) is 1. The Hall–Kier alpha value is -1.32. The molecule has 0 saturated carbocycles.